The predicted molar refractivity (Wildman–Crippen MR) is 56.4 cm³/mol. The zero-order valence-electron chi connectivity index (χ0n) is 7.40. The monoisotopic (exact) mass is 175 g/mol. The predicted octanol–water partition coefficient (Wildman–Crippen LogP) is 1.53. The highest BCUT2D eigenvalue weighted by atomic mass is 15.3. The maximum absolute atomic E-state index is 5.61. The van der Waals surface area contributed by atoms with E-state index in [2.05, 4.69) is 17.1 Å². The van der Waals surface area contributed by atoms with Gasteiger partial charge in [-0.2, -0.15) is 5.10 Å². The van der Waals surface area contributed by atoms with Crippen LogP contribution < -0.4 is 11.2 Å². The van der Waals surface area contributed by atoms with Crippen LogP contribution in [0.15, 0.2) is 42.0 Å². The molecule has 0 heterocycles. The van der Waals surface area contributed by atoms with Crippen LogP contribution in [-0.2, 0) is 6.54 Å². The van der Waals surface area contributed by atoms with Crippen LogP contribution in [0.5, 0.6) is 0 Å². The number of benzene rings is 1. The first kappa shape index (κ1) is 9.32. The average Bonchev–Trinajstić information content (AvgIpc) is 2.13. The fourth-order valence-corrected chi connectivity index (χ4v) is 0.945. The van der Waals surface area contributed by atoms with E-state index in [1.165, 1.54) is 0 Å². The van der Waals surface area contributed by atoms with E-state index in [0.29, 0.717) is 6.54 Å². The molecule has 0 aromatic heterocycles. The Labute approximate surface area is 78.0 Å². The van der Waals surface area contributed by atoms with E-state index < -0.39 is 0 Å². The van der Waals surface area contributed by atoms with Crippen LogP contribution in [-0.4, -0.2) is 6.21 Å². The van der Waals surface area contributed by atoms with E-state index in [4.69, 9.17) is 5.73 Å². The van der Waals surface area contributed by atoms with Crippen molar-refractivity contribution in [1.29, 1.82) is 0 Å². The summed E-state index contributed by atoms with van der Waals surface area (Å²) in [5, 5.41) is 3.88. The van der Waals surface area contributed by atoms with Gasteiger partial charge in [-0.15, -0.1) is 0 Å². The molecule has 0 atom stereocenters. The van der Waals surface area contributed by atoms with Gasteiger partial charge in [0.2, 0.25) is 0 Å². The van der Waals surface area contributed by atoms with E-state index in [1.54, 1.807) is 12.3 Å². The van der Waals surface area contributed by atoms with Gasteiger partial charge in [0.25, 0.3) is 0 Å². The summed E-state index contributed by atoms with van der Waals surface area (Å²) in [7, 11) is 0. The van der Waals surface area contributed by atoms with Crippen LogP contribution in [0.2, 0.25) is 0 Å². The van der Waals surface area contributed by atoms with E-state index in [-0.39, 0.29) is 0 Å². The fraction of sp³-hybridized carbons (Fsp3) is 0.100. The molecule has 0 aliphatic rings. The molecule has 0 amide bonds. The summed E-state index contributed by atoms with van der Waals surface area (Å²) in [5.74, 6) is 0. The van der Waals surface area contributed by atoms with E-state index >= 15 is 0 Å². The Morgan fingerprint density at radius 1 is 1.54 bits per heavy atom. The highest BCUT2D eigenvalue weighted by molar-refractivity contribution is 5.69. The Morgan fingerprint density at radius 2 is 2.38 bits per heavy atom. The van der Waals surface area contributed by atoms with Gasteiger partial charge in [0, 0.05) is 11.9 Å². The fourth-order valence-electron chi connectivity index (χ4n) is 0.945. The molecule has 1 rings (SSSR count). The second-order valence-electron chi connectivity index (χ2n) is 2.59. The summed E-state index contributed by atoms with van der Waals surface area (Å²) in [6.45, 7) is 4.19. The highest BCUT2D eigenvalue weighted by Crippen LogP contribution is 2.05. The SMILES string of the molecule is C=C/C=N\NCc1cccc(N)c1. The molecule has 0 aliphatic carbocycles. The Hall–Kier alpha value is -1.77. The number of rotatable bonds is 4. The molecule has 0 fully saturated rings. The van der Waals surface area contributed by atoms with Crippen LogP contribution in [0, 0.1) is 0 Å². The molecular formula is C10H13N3. The minimum Gasteiger partial charge on any atom is -0.399 e. The third-order valence-corrected chi connectivity index (χ3v) is 1.51. The second kappa shape index (κ2) is 4.98. The quantitative estimate of drug-likeness (QED) is 0.414. The number of nitrogens with two attached hydrogens (primary N) is 1. The van der Waals surface area contributed by atoms with Gasteiger partial charge >= 0.3 is 0 Å². The molecule has 0 saturated heterocycles. The standard InChI is InChI=1S/C10H13N3/c1-2-6-12-13-8-9-4-3-5-10(11)7-9/h2-7,13H,1,8,11H2/b12-6-. The average molecular weight is 175 g/mol. The zero-order chi connectivity index (χ0) is 9.52. The van der Waals surface area contributed by atoms with Crippen LogP contribution >= 0.6 is 0 Å². The molecule has 68 valence electrons. The molecule has 13 heavy (non-hydrogen) atoms. The normalized spacial score (nSPS) is 10.2. The number of nitrogen functional groups attached to an aromatic ring is 1. The molecular weight excluding hydrogens is 162 g/mol. The third-order valence-electron chi connectivity index (χ3n) is 1.51. The molecule has 3 nitrogen and oxygen atoms in total. The Kier molecular flexibility index (Phi) is 3.57. The molecule has 0 unspecified atom stereocenters. The number of anilines is 1. The molecule has 0 spiro atoms. The van der Waals surface area contributed by atoms with Crippen molar-refractivity contribution < 1.29 is 0 Å². The first-order chi connectivity index (χ1) is 6.33. The largest absolute Gasteiger partial charge is 0.399 e. The Morgan fingerprint density at radius 3 is 3.08 bits per heavy atom. The second-order valence-corrected chi connectivity index (χ2v) is 2.59. The van der Waals surface area contributed by atoms with Gasteiger partial charge in [0.15, 0.2) is 0 Å². The van der Waals surface area contributed by atoms with Crippen LogP contribution in [0.1, 0.15) is 5.56 Å². The van der Waals surface area contributed by atoms with Gasteiger partial charge in [-0.25, -0.2) is 0 Å². The lowest BCUT2D eigenvalue weighted by atomic mass is 10.2. The van der Waals surface area contributed by atoms with Gasteiger partial charge in [-0.1, -0.05) is 18.7 Å². The van der Waals surface area contributed by atoms with Crippen molar-refractivity contribution in [3.05, 3.63) is 42.5 Å². The summed E-state index contributed by atoms with van der Waals surface area (Å²) in [6.07, 6.45) is 3.22. The smallest absolute Gasteiger partial charge is 0.0580 e. The highest BCUT2D eigenvalue weighted by Gasteiger charge is 1.90. The molecule has 0 aliphatic heterocycles. The molecule has 3 heteroatoms. The van der Waals surface area contributed by atoms with Gasteiger partial charge in [-0.3, -0.25) is 0 Å². The van der Waals surface area contributed by atoms with Crippen molar-refractivity contribution >= 4 is 11.9 Å². The molecule has 3 N–H and O–H groups in total. The minimum atomic E-state index is 0.676. The van der Waals surface area contributed by atoms with Crippen molar-refractivity contribution in [2.45, 2.75) is 6.54 Å². The van der Waals surface area contributed by atoms with Crippen molar-refractivity contribution in [3.8, 4) is 0 Å². The Balaban J connectivity index is 2.45. The van der Waals surface area contributed by atoms with Crippen molar-refractivity contribution in [1.82, 2.24) is 5.43 Å². The number of nitrogens with one attached hydrogen (secondary N) is 1. The van der Waals surface area contributed by atoms with Gasteiger partial charge in [0.1, 0.15) is 0 Å². The summed E-state index contributed by atoms with van der Waals surface area (Å²) in [4.78, 5) is 0. The lowest BCUT2D eigenvalue weighted by Gasteiger charge is -2.00. The molecule has 0 saturated carbocycles. The molecule has 0 bridgehead atoms. The molecule has 0 radical (unpaired) electrons. The number of hydrazone groups is 1. The van der Waals surface area contributed by atoms with Crippen molar-refractivity contribution in [2.75, 3.05) is 5.73 Å². The number of allylic oxidation sites excluding steroid dienone is 1. The number of hydrogen-bond donors (Lipinski definition) is 2. The zero-order valence-corrected chi connectivity index (χ0v) is 7.40. The van der Waals surface area contributed by atoms with Crippen molar-refractivity contribution in [3.63, 3.8) is 0 Å². The number of nitrogens with zero attached hydrogens (tertiary/aromatic N) is 1. The maximum Gasteiger partial charge on any atom is 0.0580 e. The van der Waals surface area contributed by atoms with Gasteiger partial charge < -0.3 is 11.2 Å². The van der Waals surface area contributed by atoms with Crippen LogP contribution in [0.4, 0.5) is 5.69 Å². The maximum atomic E-state index is 5.61. The van der Waals surface area contributed by atoms with Gasteiger partial charge in [0.05, 0.1) is 6.54 Å². The lowest BCUT2D eigenvalue weighted by Crippen LogP contribution is -2.05. The first-order valence-electron chi connectivity index (χ1n) is 4.04. The summed E-state index contributed by atoms with van der Waals surface area (Å²) in [6, 6.07) is 7.68. The van der Waals surface area contributed by atoms with Crippen LogP contribution in [0.25, 0.3) is 0 Å². The van der Waals surface area contributed by atoms with Gasteiger partial charge in [-0.05, 0) is 23.8 Å². The summed E-state index contributed by atoms with van der Waals surface area (Å²) >= 11 is 0. The van der Waals surface area contributed by atoms with E-state index in [9.17, 15) is 0 Å². The minimum absolute atomic E-state index is 0.676. The first-order valence-corrected chi connectivity index (χ1v) is 4.04. The third kappa shape index (κ3) is 3.42. The topological polar surface area (TPSA) is 50.4 Å². The van der Waals surface area contributed by atoms with E-state index in [0.717, 1.165) is 11.3 Å². The summed E-state index contributed by atoms with van der Waals surface area (Å²) in [5.41, 5.74) is 10.4. The molecule has 1 aromatic carbocycles. The summed E-state index contributed by atoms with van der Waals surface area (Å²) < 4.78 is 0. The number of hydrogen-bond acceptors (Lipinski definition) is 3. The lowest BCUT2D eigenvalue weighted by molar-refractivity contribution is 0.749. The van der Waals surface area contributed by atoms with E-state index in [1.807, 2.05) is 24.3 Å². The van der Waals surface area contributed by atoms with Crippen molar-refractivity contribution in [2.24, 2.45) is 5.10 Å². The Bertz CT molecular complexity index is 305. The van der Waals surface area contributed by atoms with Crippen LogP contribution in [0.3, 0.4) is 0 Å². The molecule has 1 aromatic rings.